The summed E-state index contributed by atoms with van der Waals surface area (Å²) in [6.07, 6.45) is 7.33. The number of hydrogen-bond donors (Lipinski definition) is 4. The maximum atomic E-state index is 13.4. The molecule has 0 aromatic heterocycles. The van der Waals surface area contributed by atoms with E-state index in [1.807, 2.05) is 27.7 Å². The number of alkyl carbamates (subject to hydrolysis) is 1. The van der Waals surface area contributed by atoms with Gasteiger partial charge in [-0.15, -0.1) is 0 Å². The molecule has 0 aliphatic carbocycles. The van der Waals surface area contributed by atoms with E-state index < -0.39 is 11.7 Å². The monoisotopic (exact) mass is 930 g/mol. The topological polar surface area (TPSA) is 252 Å². The second kappa shape index (κ2) is 38.1. The van der Waals surface area contributed by atoms with E-state index in [9.17, 15) is 14.4 Å². The molecule has 2 rings (SSSR count). The average molecular weight is 930 g/mol. The number of nitrogens with two attached hydrogens (primary N) is 1. The lowest BCUT2D eigenvalue weighted by Crippen LogP contribution is -2.41. The fourth-order valence-electron chi connectivity index (χ4n) is 5.25. The molecule has 0 saturated carbocycles. The van der Waals surface area contributed by atoms with Gasteiger partial charge < -0.3 is 73.8 Å². The van der Waals surface area contributed by atoms with Crippen LogP contribution in [-0.2, 0) is 61.7 Å². The molecule has 22 nitrogen and oxygen atoms in total. The second-order valence-electron chi connectivity index (χ2n) is 14.8. The Morgan fingerprint density at radius 3 is 1.46 bits per heavy atom. The normalized spacial score (nSPS) is 13.5. The fraction of sp³-hybridized carbons (Fsp3) is 0.744. The standard InChI is InChI=1S/C43H75N7O15/c1-5-13-50(40(51)37-35-38(44)49-39-36(37)8-6-7-9-45-39)64-16-12-47-41(52)46-10-14-54-17-19-56-21-23-58-25-27-60-29-31-62-33-34-63-32-30-61-28-26-59-24-22-57-20-18-55-15-11-48-42(53)65-43(2,3)4/h6-9H,5,10-35H2,1-4H3,(H,48,53)(H2,44,45,49)(H2,46,47,52). The van der Waals surface area contributed by atoms with Crippen LogP contribution in [0.5, 0.6) is 0 Å². The van der Waals surface area contributed by atoms with Crippen LogP contribution in [0.15, 0.2) is 45.6 Å². The summed E-state index contributed by atoms with van der Waals surface area (Å²) in [5.41, 5.74) is 6.53. The Kier molecular flexibility index (Phi) is 33.4. The maximum absolute atomic E-state index is 13.4. The van der Waals surface area contributed by atoms with Gasteiger partial charge in [0.2, 0.25) is 0 Å². The van der Waals surface area contributed by atoms with Crippen LogP contribution in [-0.4, -0.2) is 205 Å². The summed E-state index contributed by atoms with van der Waals surface area (Å²) in [7, 11) is 0. The molecule has 0 spiro atoms. The Labute approximate surface area is 383 Å². The lowest BCUT2D eigenvalue weighted by Gasteiger charge is -2.25. The van der Waals surface area contributed by atoms with Crippen molar-refractivity contribution >= 4 is 29.7 Å². The molecule has 0 aromatic carbocycles. The molecule has 22 heteroatoms. The van der Waals surface area contributed by atoms with E-state index in [1.54, 1.807) is 24.4 Å². The van der Waals surface area contributed by atoms with Gasteiger partial charge in [-0.1, -0.05) is 19.1 Å². The summed E-state index contributed by atoms with van der Waals surface area (Å²) < 4.78 is 59.9. The smallest absolute Gasteiger partial charge is 0.407 e. The zero-order chi connectivity index (χ0) is 47.1. The van der Waals surface area contributed by atoms with Gasteiger partial charge in [-0.2, -0.15) is 0 Å². The number of urea groups is 1. The van der Waals surface area contributed by atoms with Gasteiger partial charge in [-0.05, 0) is 33.3 Å². The number of allylic oxidation sites excluding steroid dienone is 2. The van der Waals surface area contributed by atoms with E-state index >= 15 is 0 Å². The fourth-order valence-corrected chi connectivity index (χ4v) is 5.25. The molecule has 0 atom stereocenters. The summed E-state index contributed by atoms with van der Waals surface area (Å²) >= 11 is 0. The summed E-state index contributed by atoms with van der Waals surface area (Å²) in [4.78, 5) is 51.3. The third kappa shape index (κ3) is 31.5. The van der Waals surface area contributed by atoms with E-state index in [1.165, 1.54) is 5.06 Å². The molecule has 2 aliphatic rings. The minimum Gasteiger partial charge on any atom is -0.444 e. The van der Waals surface area contributed by atoms with Gasteiger partial charge in [0, 0.05) is 49.9 Å². The van der Waals surface area contributed by atoms with Gasteiger partial charge in [0.25, 0.3) is 5.91 Å². The van der Waals surface area contributed by atoms with Gasteiger partial charge in [0.05, 0.1) is 139 Å². The number of amidine groups is 2. The van der Waals surface area contributed by atoms with Crippen LogP contribution < -0.4 is 21.7 Å². The van der Waals surface area contributed by atoms with Gasteiger partial charge >= 0.3 is 12.1 Å². The minimum atomic E-state index is -0.523. The largest absolute Gasteiger partial charge is 0.444 e. The summed E-state index contributed by atoms with van der Waals surface area (Å²) in [6.45, 7) is 17.4. The van der Waals surface area contributed by atoms with Crippen LogP contribution in [0.1, 0.15) is 40.5 Å². The number of carbonyl (C=O) groups excluding carboxylic acids is 3. The third-order valence-corrected chi connectivity index (χ3v) is 8.17. The van der Waals surface area contributed by atoms with E-state index in [-0.39, 0.29) is 31.5 Å². The minimum absolute atomic E-state index is 0.0954. The van der Waals surface area contributed by atoms with Crippen LogP contribution in [0.25, 0.3) is 0 Å². The quantitative estimate of drug-likeness (QED) is 0.0504. The van der Waals surface area contributed by atoms with E-state index in [0.717, 1.165) is 0 Å². The number of fused-ring (bicyclic) bond motifs is 1. The molecular formula is C43H75N7O15. The first-order chi connectivity index (χ1) is 31.6. The first kappa shape index (κ1) is 57.1. The number of carbonyl (C=O) groups is 3. The van der Waals surface area contributed by atoms with E-state index in [2.05, 4.69) is 25.9 Å². The number of hydrogen-bond acceptors (Lipinski definition) is 18. The first-order valence-electron chi connectivity index (χ1n) is 22.3. The first-order valence-corrected chi connectivity index (χ1v) is 22.3. The molecule has 0 unspecified atom stereocenters. The van der Waals surface area contributed by atoms with E-state index in [0.29, 0.717) is 181 Å². The Bertz CT molecular complexity index is 1460. The van der Waals surface area contributed by atoms with Crippen molar-refractivity contribution in [3.8, 4) is 0 Å². The lowest BCUT2D eigenvalue weighted by molar-refractivity contribution is -0.181. The highest BCUT2D eigenvalue weighted by molar-refractivity contribution is 6.18. The molecule has 5 N–H and O–H groups in total. The highest BCUT2D eigenvalue weighted by Crippen LogP contribution is 2.23. The zero-order valence-corrected chi connectivity index (χ0v) is 38.9. The van der Waals surface area contributed by atoms with Crippen molar-refractivity contribution in [3.63, 3.8) is 0 Å². The van der Waals surface area contributed by atoms with Crippen molar-refractivity contribution in [2.24, 2.45) is 15.7 Å². The van der Waals surface area contributed by atoms with Crippen LogP contribution in [0.2, 0.25) is 0 Å². The highest BCUT2D eigenvalue weighted by atomic mass is 16.7. The van der Waals surface area contributed by atoms with Crippen LogP contribution in [0, 0.1) is 0 Å². The number of nitrogens with one attached hydrogen (secondary N) is 3. The number of nitrogens with zero attached hydrogens (tertiary/aromatic N) is 3. The summed E-state index contributed by atoms with van der Waals surface area (Å²) in [6, 6.07) is -0.375. The SMILES string of the molecule is CCCN(OCCNC(=O)NCCOCCOCCOCCOCCOCCOCCOCCOCCOCCOCCNC(=O)OC(C)(C)C)C(=O)C1=C2C=CC=CN=C2N=C(N)C1. The van der Waals surface area contributed by atoms with Crippen LogP contribution in [0.3, 0.4) is 0 Å². The number of hydroxylamine groups is 2. The molecular weight excluding hydrogens is 855 g/mol. The predicted octanol–water partition coefficient (Wildman–Crippen LogP) is 1.69. The van der Waals surface area contributed by atoms with Crippen molar-refractivity contribution in [2.75, 3.05) is 165 Å². The maximum Gasteiger partial charge on any atom is 0.407 e. The molecule has 65 heavy (non-hydrogen) atoms. The van der Waals surface area contributed by atoms with Gasteiger partial charge in [0.15, 0.2) is 5.84 Å². The average Bonchev–Trinajstić information content (AvgIpc) is 3.52. The van der Waals surface area contributed by atoms with Crippen LogP contribution >= 0.6 is 0 Å². The molecule has 0 saturated heterocycles. The molecule has 2 heterocycles. The highest BCUT2D eigenvalue weighted by Gasteiger charge is 2.28. The van der Waals surface area contributed by atoms with Crippen molar-refractivity contribution in [1.29, 1.82) is 0 Å². The Balaban J connectivity index is 1.25. The number of rotatable bonds is 40. The molecule has 0 bridgehead atoms. The predicted molar refractivity (Wildman–Crippen MR) is 241 cm³/mol. The number of ether oxygens (including phenoxy) is 11. The summed E-state index contributed by atoms with van der Waals surface area (Å²) in [5.74, 6) is 0.374. The van der Waals surface area contributed by atoms with Crippen LogP contribution in [0.4, 0.5) is 9.59 Å². The molecule has 4 amide bonds. The zero-order valence-electron chi connectivity index (χ0n) is 38.9. The van der Waals surface area contributed by atoms with Crippen molar-refractivity contribution < 1.29 is 71.3 Å². The Hall–Kier alpha value is -4.07. The van der Waals surface area contributed by atoms with Crippen molar-refractivity contribution in [3.05, 3.63) is 35.6 Å². The van der Waals surface area contributed by atoms with Gasteiger partial charge in [0.1, 0.15) is 11.4 Å². The number of amides is 4. The lowest BCUT2D eigenvalue weighted by atomic mass is 9.99. The van der Waals surface area contributed by atoms with Crippen molar-refractivity contribution in [1.82, 2.24) is 21.0 Å². The van der Waals surface area contributed by atoms with Gasteiger partial charge in [-0.3, -0.25) is 9.63 Å². The van der Waals surface area contributed by atoms with E-state index in [4.69, 9.17) is 62.7 Å². The number of aliphatic imine (C=N–C) groups is 2. The Morgan fingerprint density at radius 1 is 0.615 bits per heavy atom. The molecule has 0 aromatic rings. The summed E-state index contributed by atoms with van der Waals surface area (Å²) in [5, 5.41) is 9.34. The molecule has 0 radical (unpaired) electrons. The molecule has 2 aliphatic heterocycles. The second-order valence-corrected chi connectivity index (χ2v) is 14.8. The van der Waals surface area contributed by atoms with Gasteiger partial charge in [-0.25, -0.2) is 24.6 Å². The Morgan fingerprint density at radius 2 is 1.03 bits per heavy atom. The molecule has 372 valence electrons. The molecule has 0 fully saturated rings. The third-order valence-electron chi connectivity index (χ3n) is 8.17. The van der Waals surface area contributed by atoms with Crippen molar-refractivity contribution in [2.45, 2.75) is 46.1 Å². The number of dihydropyridines is 1.